The summed E-state index contributed by atoms with van der Waals surface area (Å²) in [6.07, 6.45) is 0.336. The van der Waals surface area contributed by atoms with Gasteiger partial charge in [-0.15, -0.1) is 0 Å². The molecular formula is C17H17N3O2. The number of nitriles is 1. The van der Waals surface area contributed by atoms with Crippen LogP contribution >= 0.6 is 0 Å². The first-order valence-corrected chi connectivity index (χ1v) is 6.89. The molecule has 0 atom stereocenters. The SMILES string of the molecule is COc1ccc(NC(=O)CCNc2cccc(C#N)c2)cc1. The summed E-state index contributed by atoms with van der Waals surface area (Å²) in [5.41, 5.74) is 2.15. The topological polar surface area (TPSA) is 74.2 Å². The summed E-state index contributed by atoms with van der Waals surface area (Å²) in [5, 5.41) is 14.8. The second kappa shape index (κ2) is 7.70. The molecule has 22 heavy (non-hydrogen) atoms. The number of carbonyl (C=O) groups is 1. The van der Waals surface area contributed by atoms with Gasteiger partial charge in [0.2, 0.25) is 5.91 Å². The van der Waals surface area contributed by atoms with Gasteiger partial charge in [0, 0.05) is 24.3 Å². The Kier molecular flexibility index (Phi) is 5.38. The summed E-state index contributed by atoms with van der Waals surface area (Å²) in [7, 11) is 1.60. The molecule has 2 aromatic carbocycles. The molecule has 0 saturated heterocycles. The number of nitrogens with zero attached hydrogens (tertiary/aromatic N) is 1. The number of rotatable bonds is 6. The van der Waals surface area contributed by atoms with E-state index in [1.807, 2.05) is 6.07 Å². The van der Waals surface area contributed by atoms with Crippen LogP contribution in [0.2, 0.25) is 0 Å². The maximum atomic E-state index is 11.8. The molecule has 2 rings (SSSR count). The predicted octanol–water partition coefficient (Wildman–Crippen LogP) is 3.01. The zero-order chi connectivity index (χ0) is 15.8. The van der Waals surface area contributed by atoms with Gasteiger partial charge in [0.1, 0.15) is 5.75 Å². The van der Waals surface area contributed by atoms with Crippen molar-refractivity contribution in [1.29, 1.82) is 5.26 Å². The molecule has 5 heteroatoms. The summed E-state index contributed by atoms with van der Waals surface area (Å²) < 4.78 is 5.06. The summed E-state index contributed by atoms with van der Waals surface area (Å²) >= 11 is 0. The van der Waals surface area contributed by atoms with Gasteiger partial charge in [-0.2, -0.15) is 5.26 Å². The highest BCUT2D eigenvalue weighted by atomic mass is 16.5. The first-order valence-electron chi connectivity index (χ1n) is 6.89. The fourth-order valence-corrected chi connectivity index (χ4v) is 1.92. The maximum absolute atomic E-state index is 11.8. The Morgan fingerprint density at radius 2 is 1.95 bits per heavy atom. The van der Waals surface area contributed by atoms with Crippen LogP contribution < -0.4 is 15.4 Å². The number of hydrogen-bond donors (Lipinski definition) is 2. The Hall–Kier alpha value is -3.00. The number of hydrogen-bond acceptors (Lipinski definition) is 4. The van der Waals surface area contributed by atoms with Crippen LogP contribution in [0, 0.1) is 11.3 Å². The van der Waals surface area contributed by atoms with E-state index >= 15 is 0 Å². The number of ether oxygens (including phenoxy) is 1. The summed E-state index contributed by atoms with van der Waals surface area (Å²) in [5.74, 6) is 0.672. The Labute approximate surface area is 129 Å². The van der Waals surface area contributed by atoms with Crippen LogP contribution in [0.15, 0.2) is 48.5 Å². The van der Waals surface area contributed by atoms with E-state index < -0.39 is 0 Å². The lowest BCUT2D eigenvalue weighted by Crippen LogP contribution is -2.16. The minimum absolute atomic E-state index is 0.0749. The minimum atomic E-state index is -0.0749. The van der Waals surface area contributed by atoms with E-state index in [-0.39, 0.29) is 5.91 Å². The van der Waals surface area contributed by atoms with E-state index in [0.29, 0.717) is 18.5 Å². The fraction of sp³-hybridized carbons (Fsp3) is 0.176. The van der Waals surface area contributed by atoms with Crippen molar-refractivity contribution >= 4 is 17.3 Å². The summed E-state index contributed by atoms with van der Waals surface area (Å²) in [4.78, 5) is 11.8. The Bertz CT molecular complexity index is 675. The average Bonchev–Trinajstić information content (AvgIpc) is 2.56. The smallest absolute Gasteiger partial charge is 0.226 e. The van der Waals surface area contributed by atoms with Gasteiger partial charge in [0.15, 0.2) is 0 Å². The third-order valence-corrected chi connectivity index (χ3v) is 3.05. The first kappa shape index (κ1) is 15.4. The zero-order valence-electron chi connectivity index (χ0n) is 12.3. The second-order valence-corrected chi connectivity index (χ2v) is 4.65. The van der Waals surface area contributed by atoms with Crippen LogP contribution in [0.25, 0.3) is 0 Å². The Morgan fingerprint density at radius 3 is 2.64 bits per heavy atom. The van der Waals surface area contributed by atoms with Crippen LogP contribution in [0.5, 0.6) is 5.75 Å². The molecule has 0 aliphatic carbocycles. The van der Waals surface area contributed by atoms with Crippen molar-refractivity contribution in [3.05, 3.63) is 54.1 Å². The average molecular weight is 295 g/mol. The molecule has 0 spiro atoms. The van der Waals surface area contributed by atoms with Gasteiger partial charge in [0.05, 0.1) is 18.7 Å². The van der Waals surface area contributed by atoms with Gasteiger partial charge >= 0.3 is 0 Å². The molecule has 0 saturated carbocycles. The van der Waals surface area contributed by atoms with Gasteiger partial charge in [-0.3, -0.25) is 4.79 Å². The highest BCUT2D eigenvalue weighted by Crippen LogP contribution is 2.15. The quantitative estimate of drug-likeness (QED) is 0.859. The lowest BCUT2D eigenvalue weighted by molar-refractivity contribution is -0.115. The van der Waals surface area contributed by atoms with Crippen LogP contribution in [-0.2, 0) is 4.79 Å². The zero-order valence-corrected chi connectivity index (χ0v) is 12.3. The third kappa shape index (κ3) is 4.53. The molecule has 0 aromatic heterocycles. The van der Waals surface area contributed by atoms with Crippen molar-refractivity contribution in [3.8, 4) is 11.8 Å². The highest BCUT2D eigenvalue weighted by Gasteiger charge is 2.03. The Balaban J connectivity index is 1.78. The van der Waals surface area contributed by atoms with Gasteiger partial charge < -0.3 is 15.4 Å². The standard InChI is InChI=1S/C17H17N3O2/c1-22-16-7-5-14(6-8-16)20-17(21)9-10-19-15-4-2-3-13(11-15)12-18/h2-8,11,19H,9-10H2,1H3,(H,20,21). The molecule has 0 fully saturated rings. The minimum Gasteiger partial charge on any atom is -0.497 e. The predicted molar refractivity (Wildman–Crippen MR) is 85.9 cm³/mol. The van der Waals surface area contributed by atoms with Gasteiger partial charge in [-0.1, -0.05) is 6.07 Å². The molecule has 2 N–H and O–H groups in total. The molecule has 0 aliphatic heterocycles. The number of anilines is 2. The molecular weight excluding hydrogens is 278 g/mol. The van der Waals surface area contributed by atoms with Crippen molar-refractivity contribution in [1.82, 2.24) is 0 Å². The summed E-state index contributed by atoms with van der Waals surface area (Å²) in [6, 6.07) is 16.4. The number of amides is 1. The van der Waals surface area contributed by atoms with Gasteiger partial charge in [-0.25, -0.2) is 0 Å². The van der Waals surface area contributed by atoms with Crippen LogP contribution in [-0.4, -0.2) is 19.6 Å². The molecule has 2 aromatic rings. The highest BCUT2D eigenvalue weighted by molar-refractivity contribution is 5.91. The third-order valence-electron chi connectivity index (χ3n) is 3.05. The lowest BCUT2D eigenvalue weighted by atomic mass is 10.2. The molecule has 0 radical (unpaired) electrons. The molecule has 112 valence electrons. The van der Waals surface area contributed by atoms with Crippen molar-refractivity contribution in [2.24, 2.45) is 0 Å². The van der Waals surface area contributed by atoms with Crippen LogP contribution in [0.3, 0.4) is 0 Å². The van der Waals surface area contributed by atoms with Gasteiger partial charge in [0.25, 0.3) is 0 Å². The lowest BCUT2D eigenvalue weighted by Gasteiger charge is -2.08. The molecule has 1 amide bonds. The van der Waals surface area contributed by atoms with E-state index in [4.69, 9.17) is 10.00 Å². The van der Waals surface area contributed by atoms with E-state index in [1.54, 1.807) is 49.6 Å². The Morgan fingerprint density at radius 1 is 1.18 bits per heavy atom. The molecule has 5 nitrogen and oxygen atoms in total. The van der Waals surface area contributed by atoms with E-state index in [9.17, 15) is 4.79 Å². The number of carbonyl (C=O) groups excluding carboxylic acids is 1. The maximum Gasteiger partial charge on any atom is 0.226 e. The summed E-state index contributed by atoms with van der Waals surface area (Å²) in [6.45, 7) is 0.497. The van der Waals surface area contributed by atoms with Crippen molar-refractivity contribution in [2.45, 2.75) is 6.42 Å². The van der Waals surface area contributed by atoms with Gasteiger partial charge in [-0.05, 0) is 42.5 Å². The molecule has 0 aliphatic rings. The van der Waals surface area contributed by atoms with E-state index in [2.05, 4.69) is 16.7 Å². The second-order valence-electron chi connectivity index (χ2n) is 4.65. The number of nitrogens with one attached hydrogen (secondary N) is 2. The van der Waals surface area contributed by atoms with Crippen molar-refractivity contribution in [3.63, 3.8) is 0 Å². The van der Waals surface area contributed by atoms with E-state index in [1.165, 1.54) is 0 Å². The van der Waals surface area contributed by atoms with Crippen LogP contribution in [0.1, 0.15) is 12.0 Å². The van der Waals surface area contributed by atoms with Crippen molar-refractivity contribution in [2.75, 3.05) is 24.3 Å². The van der Waals surface area contributed by atoms with Crippen LogP contribution in [0.4, 0.5) is 11.4 Å². The van der Waals surface area contributed by atoms with E-state index in [0.717, 1.165) is 17.1 Å². The normalized spacial score (nSPS) is 9.64. The van der Waals surface area contributed by atoms with Crippen molar-refractivity contribution < 1.29 is 9.53 Å². The molecule has 0 heterocycles. The first-order chi connectivity index (χ1) is 10.7. The molecule has 0 unspecified atom stereocenters. The monoisotopic (exact) mass is 295 g/mol. The molecule has 0 bridgehead atoms. The number of benzene rings is 2. The fourth-order valence-electron chi connectivity index (χ4n) is 1.92. The largest absolute Gasteiger partial charge is 0.497 e. The number of methoxy groups -OCH3 is 1.